The Morgan fingerprint density at radius 2 is 1.89 bits per heavy atom. The van der Waals surface area contributed by atoms with Crippen molar-refractivity contribution in [1.82, 2.24) is 4.90 Å². The van der Waals surface area contributed by atoms with E-state index in [0.717, 1.165) is 19.3 Å². The van der Waals surface area contributed by atoms with Gasteiger partial charge in [0.1, 0.15) is 0 Å². The molecule has 0 spiro atoms. The van der Waals surface area contributed by atoms with Gasteiger partial charge in [-0.05, 0) is 47.0 Å². The van der Waals surface area contributed by atoms with Crippen LogP contribution < -0.4 is 0 Å². The molecule has 0 bridgehead atoms. The Kier molecular flexibility index (Phi) is 5.83. The molecular weight excluding hydrogens is 242 g/mol. The van der Waals surface area contributed by atoms with Gasteiger partial charge in [-0.15, -0.1) is 0 Å². The minimum Gasteiger partial charge on any atom is -0.438 e. The molecule has 0 aromatic rings. The molecule has 1 aliphatic carbocycles. The van der Waals surface area contributed by atoms with Crippen LogP contribution in [0.2, 0.25) is 0 Å². The number of nitrogens with zero attached hydrogens (tertiary/aromatic N) is 1. The average Bonchev–Trinajstić information content (AvgIpc) is 2.30. The summed E-state index contributed by atoms with van der Waals surface area (Å²) in [6.07, 6.45) is 2.42. The summed E-state index contributed by atoms with van der Waals surface area (Å²) in [5.41, 5.74) is 0. The molecule has 1 saturated carbocycles. The quantitative estimate of drug-likeness (QED) is 0.786. The summed E-state index contributed by atoms with van der Waals surface area (Å²) < 4.78 is 5.53. The summed E-state index contributed by atoms with van der Waals surface area (Å²) >= 11 is 0. The average molecular weight is 269 g/mol. The molecule has 0 aliphatic heterocycles. The molecule has 0 N–H and O–H groups in total. The molecule has 0 radical (unpaired) electrons. The Balaban J connectivity index is 2.75. The monoisotopic (exact) mass is 269 g/mol. The fourth-order valence-corrected chi connectivity index (χ4v) is 2.86. The summed E-state index contributed by atoms with van der Waals surface area (Å²) in [6, 6.07) is 0.150. The van der Waals surface area contributed by atoms with Crippen LogP contribution in [-0.2, 0) is 9.53 Å². The second-order valence-electron chi connectivity index (χ2n) is 5.93. The Bertz CT molecular complexity index is 317. The number of hydrogen-bond donors (Lipinski definition) is 0. The fourth-order valence-electron chi connectivity index (χ4n) is 2.86. The van der Waals surface area contributed by atoms with Crippen molar-refractivity contribution in [1.29, 1.82) is 0 Å². The Morgan fingerprint density at radius 1 is 1.32 bits per heavy atom. The molecule has 0 aromatic carbocycles. The lowest BCUT2D eigenvalue weighted by atomic mass is 9.84. The summed E-state index contributed by atoms with van der Waals surface area (Å²) in [4.78, 5) is 25.9. The van der Waals surface area contributed by atoms with Crippen LogP contribution in [0.25, 0.3) is 0 Å². The molecule has 1 fully saturated rings. The van der Waals surface area contributed by atoms with Crippen LogP contribution in [0.15, 0.2) is 0 Å². The van der Waals surface area contributed by atoms with E-state index in [1.54, 1.807) is 4.90 Å². The third kappa shape index (κ3) is 3.95. The molecule has 1 amide bonds. The van der Waals surface area contributed by atoms with Crippen LogP contribution in [-0.4, -0.2) is 35.0 Å². The van der Waals surface area contributed by atoms with E-state index in [-0.39, 0.29) is 29.9 Å². The van der Waals surface area contributed by atoms with Crippen LogP contribution in [0.3, 0.4) is 0 Å². The highest BCUT2D eigenvalue weighted by Gasteiger charge is 2.35. The van der Waals surface area contributed by atoms with Crippen molar-refractivity contribution in [2.75, 3.05) is 0 Å². The molecule has 1 rings (SSSR count). The summed E-state index contributed by atoms with van der Waals surface area (Å²) in [5.74, 6) is 0.269. The predicted octanol–water partition coefficient (Wildman–Crippen LogP) is 3.39. The number of rotatable bonds is 4. The molecule has 0 aromatic heterocycles. The first-order valence-electron chi connectivity index (χ1n) is 7.40. The molecule has 19 heavy (non-hydrogen) atoms. The summed E-state index contributed by atoms with van der Waals surface area (Å²) in [5, 5.41) is 0. The number of Topliss-reactive ketones (excluding diaryl/α,β-unsaturated/α-hetero) is 1. The van der Waals surface area contributed by atoms with Gasteiger partial charge < -0.3 is 9.64 Å². The van der Waals surface area contributed by atoms with E-state index in [4.69, 9.17) is 4.74 Å². The number of ketones is 1. The van der Waals surface area contributed by atoms with Crippen LogP contribution in [0.4, 0.5) is 4.79 Å². The van der Waals surface area contributed by atoms with E-state index in [1.807, 2.05) is 34.6 Å². The number of amides is 1. The highest BCUT2D eigenvalue weighted by molar-refractivity contribution is 5.86. The summed E-state index contributed by atoms with van der Waals surface area (Å²) in [7, 11) is 0. The topological polar surface area (TPSA) is 46.6 Å². The van der Waals surface area contributed by atoms with Crippen LogP contribution in [0, 0.1) is 5.92 Å². The maximum absolute atomic E-state index is 12.3. The van der Waals surface area contributed by atoms with Gasteiger partial charge in [0.05, 0.1) is 0 Å². The minimum absolute atomic E-state index is 0.0752. The van der Waals surface area contributed by atoms with E-state index in [0.29, 0.717) is 6.42 Å². The molecule has 1 aliphatic rings. The first-order valence-corrected chi connectivity index (χ1v) is 7.40. The van der Waals surface area contributed by atoms with E-state index < -0.39 is 6.10 Å². The number of carbonyl (C=O) groups excluding carboxylic acids is 2. The van der Waals surface area contributed by atoms with Gasteiger partial charge >= 0.3 is 6.09 Å². The molecule has 0 saturated heterocycles. The van der Waals surface area contributed by atoms with E-state index in [9.17, 15) is 9.59 Å². The van der Waals surface area contributed by atoms with Gasteiger partial charge in [0.2, 0.25) is 0 Å². The predicted molar refractivity (Wildman–Crippen MR) is 75.0 cm³/mol. The SMILES string of the molecule is CCC1CCCC(=O)C1OC(=O)N(C(C)C)C(C)C. The van der Waals surface area contributed by atoms with Crippen molar-refractivity contribution in [3.05, 3.63) is 0 Å². The zero-order valence-corrected chi connectivity index (χ0v) is 12.8. The Hall–Kier alpha value is -1.06. The zero-order chi connectivity index (χ0) is 14.6. The lowest BCUT2D eigenvalue weighted by molar-refractivity contribution is -0.134. The van der Waals surface area contributed by atoms with Gasteiger partial charge in [0, 0.05) is 24.4 Å². The second-order valence-corrected chi connectivity index (χ2v) is 5.93. The van der Waals surface area contributed by atoms with Gasteiger partial charge in [0.25, 0.3) is 0 Å². The van der Waals surface area contributed by atoms with Crippen molar-refractivity contribution in [3.8, 4) is 0 Å². The lowest BCUT2D eigenvalue weighted by Gasteiger charge is -2.34. The maximum atomic E-state index is 12.3. The molecule has 2 unspecified atom stereocenters. The first-order chi connectivity index (χ1) is 8.88. The molecular formula is C15H27NO3. The lowest BCUT2D eigenvalue weighted by Crippen LogP contribution is -2.47. The van der Waals surface area contributed by atoms with Gasteiger partial charge in [-0.3, -0.25) is 4.79 Å². The Morgan fingerprint density at radius 3 is 2.37 bits per heavy atom. The van der Waals surface area contributed by atoms with Crippen molar-refractivity contribution < 1.29 is 14.3 Å². The molecule has 4 heteroatoms. The van der Waals surface area contributed by atoms with E-state index in [1.165, 1.54) is 0 Å². The number of carbonyl (C=O) groups is 2. The highest BCUT2D eigenvalue weighted by Crippen LogP contribution is 2.27. The largest absolute Gasteiger partial charge is 0.438 e. The minimum atomic E-state index is -0.536. The van der Waals surface area contributed by atoms with Crippen molar-refractivity contribution >= 4 is 11.9 Å². The fraction of sp³-hybridized carbons (Fsp3) is 0.867. The van der Waals surface area contributed by atoms with Gasteiger partial charge in [-0.1, -0.05) is 6.92 Å². The molecule has 0 heterocycles. The standard InChI is InChI=1S/C15H27NO3/c1-6-12-8-7-9-13(17)14(12)19-15(18)16(10(2)3)11(4)5/h10-12,14H,6-9H2,1-5H3. The number of ether oxygens (including phenoxy) is 1. The highest BCUT2D eigenvalue weighted by atomic mass is 16.6. The molecule has 2 atom stereocenters. The van der Waals surface area contributed by atoms with Gasteiger partial charge in [-0.2, -0.15) is 0 Å². The van der Waals surface area contributed by atoms with Gasteiger partial charge in [0.15, 0.2) is 11.9 Å². The van der Waals surface area contributed by atoms with Crippen molar-refractivity contribution in [2.45, 2.75) is 78.5 Å². The molecule has 110 valence electrons. The normalized spacial score (nSPS) is 23.8. The van der Waals surface area contributed by atoms with Crippen molar-refractivity contribution in [2.24, 2.45) is 5.92 Å². The van der Waals surface area contributed by atoms with Crippen molar-refractivity contribution in [3.63, 3.8) is 0 Å². The molecule has 4 nitrogen and oxygen atoms in total. The van der Waals surface area contributed by atoms with E-state index >= 15 is 0 Å². The Labute approximate surface area is 116 Å². The third-order valence-electron chi connectivity index (χ3n) is 3.82. The van der Waals surface area contributed by atoms with Gasteiger partial charge in [-0.25, -0.2) is 4.79 Å². The second kappa shape index (κ2) is 6.92. The van der Waals surface area contributed by atoms with Crippen LogP contribution in [0.1, 0.15) is 60.3 Å². The smallest absolute Gasteiger partial charge is 0.410 e. The maximum Gasteiger partial charge on any atom is 0.410 e. The van der Waals surface area contributed by atoms with Crippen LogP contribution >= 0.6 is 0 Å². The van der Waals surface area contributed by atoms with Crippen LogP contribution in [0.5, 0.6) is 0 Å². The number of hydrogen-bond acceptors (Lipinski definition) is 3. The van der Waals surface area contributed by atoms with E-state index in [2.05, 4.69) is 0 Å². The zero-order valence-electron chi connectivity index (χ0n) is 12.8. The third-order valence-corrected chi connectivity index (χ3v) is 3.82. The first kappa shape index (κ1) is 16.0. The summed E-state index contributed by atoms with van der Waals surface area (Å²) in [6.45, 7) is 9.89.